The van der Waals surface area contributed by atoms with Gasteiger partial charge in [0.1, 0.15) is 29.2 Å². The van der Waals surface area contributed by atoms with Crippen LogP contribution in [0.25, 0.3) is 11.4 Å². The summed E-state index contributed by atoms with van der Waals surface area (Å²) >= 11 is 0. The van der Waals surface area contributed by atoms with Crippen LogP contribution in [0.2, 0.25) is 0 Å². The van der Waals surface area contributed by atoms with Crippen molar-refractivity contribution in [2.24, 2.45) is 9.98 Å². The third kappa shape index (κ3) is 8.48. The first kappa shape index (κ1) is 37.5. The molecule has 0 aliphatic rings. The van der Waals surface area contributed by atoms with E-state index in [1.54, 1.807) is 38.1 Å². The average Bonchev–Trinajstić information content (AvgIpc) is 3.57. The van der Waals surface area contributed by atoms with Crippen LogP contribution in [-0.4, -0.2) is 64.5 Å². The molecule has 258 valence electrons. The van der Waals surface area contributed by atoms with E-state index in [0.29, 0.717) is 39.3 Å². The van der Waals surface area contributed by atoms with E-state index in [9.17, 15) is 30.0 Å². The van der Waals surface area contributed by atoms with Crippen LogP contribution in [0.15, 0.2) is 107 Å². The van der Waals surface area contributed by atoms with Crippen molar-refractivity contribution in [1.82, 2.24) is 19.6 Å². The molecule has 6 aromatic rings. The molecule has 0 saturated heterocycles. The largest absolute Gasteiger partial charge is 0.506 e. The van der Waals surface area contributed by atoms with Gasteiger partial charge in [-0.25, -0.2) is 9.36 Å². The molecule has 0 aliphatic carbocycles. The van der Waals surface area contributed by atoms with E-state index >= 15 is 0 Å². The van der Waals surface area contributed by atoms with Crippen LogP contribution >= 0.6 is 0 Å². The van der Waals surface area contributed by atoms with Gasteiger partial charge in [-0.1, -0.05) is 54.6 Å². The Kier molecular flexibility index (Phi) is 12.4. The Bertz CT molecular complexity index is 2210. The molecular weight excluding hydrogens is 688 g/mol. The van der Waals surface area contributed by atoms with Crippen molar-refractivity contribution in [1.29, 1.82) is 0 Å². The second-order valence-corrected chi connectivity index (χ2v) is 11.0. The number of Topliss-reactive ketones (excluding diaryl/α,β-unsaturated/α-hetero) is 1. The zero-order valence-corrected chi connectivity index (χ0v) is 29.1. The Morgan fingerprint density at radius 1 is 0.667 bits per heavy atom. The molecule has 4 N–H and O–H groups in total. The van der Waals surface area contributed by atoms with Gasteiger partial charge in [-0.2, -0.15) is 10.2 Å². The zero-order chi connectivity index (χ0) is 35.8. The summed E-state index contributed by atoms with van der Waals surface area (Å²) in [5, 5.41) is 49.6. The third-order valence-corrected chi connectivity index (χ3v) is 7.61. The Hall–Kier alpha value is -6.29. The smallest absolute Gasteiger partial charge is 0.223 e. The van der Waals surface area contributed by atoms with Gasteiger partial charge >= 0.3 is 0 Å². The number of phenolic OH excluding ortho intramolecular Hbond substituents is 2. The minimum absolute atomic E-state index is 0. The second-order valence-electron chi connectivity index (χ2n) is 11.0. The van der Waals surface area contributed by atoms with E-state index in [2.05, 4.69) is 20.2 Å². The van der Waals surface area contributed by atoms with Crippen molar-refractivity contribution in [2.45, 2.75) is 27.2 Å². The molecule has 13 heteroatoms. The van der Waals surface area contributed by atoms with Crippen molar-refractivity contribution in [2.75, 3.05) is 0 Å². The van der Waals surface area contributed by atoms with Gasteiger partial charge in [-0.05, 0) is 68.8 Å². The summed E-state index contributed by atoms with van der Waals surface area (Å²) in [5.74, 6) is -0.434. The van der Waals surface area contributed by atoms with Crippen LogP contribution in [0.3, 0.4) is 0 Å². The number of carbonyl (C=O) groups excluding carboxylic acids is 2. The van der Waals surface area contributed by atoms with Gasteiger partial charge in [0.05, 0.1) is 33.9 Å². The van der Waals surface area contributed by atoms with Gasteiger partial charge in [-0.15, -0.1) is 0 Å². The molecule has 0 spiro atoms. The molecule has 0 fully saturated rings. The van der Waals surface area contributed by atoms with Crippen LogP contribution in [0.5, 0.6) is 23.3 Å². The molecular formula is C38H34CrN6O6. The minimum atomic E-state index is -0.205. The molecule has 51 heavy (non-hydrogen) atoms. The fourth-order valence-corrected chi connectivity index (χ4v) is 5.05. The van der Waals surface area contributed by atoms with Crippen LogP contribution in [0.1, 0.15) is 45.4 Å². The maximum atomic E-state index is 11.7. The van der Waals surface area contributed by atoms with Crippen molar-refractivity contribution < 1.29 is 47.4 Å². The topological polar surface area (TPSA) is 175 Å². The summed E-state index contributed by atoms with van der Waals surface area (Å²) < 4.78 is 2.83. The molecule has 2 heterocycles. The maximum absolute atomic E-state index is 11.7. The van der Waals surface area contributed by atoms with Gasteiger partial charge < -0.3 is 25.2 Å². The molecule has 2 aromatic heterocycles. The molecule has 12 nitrogen and oxygen atoms in total. The number of benzene rings is 4. The van der Waals surface area contributed by atoms with Gasteiger partial charge in [0, 0.05) is 41.8 Å². The third-order valence-electron chi connectivity index (χ3n) is 7.61. The first-order chi connectivity index (χ1) is 24.1. The molecule has 0 atom stereocenters. The number of aldehydes is 1. The van der Waals surface area contributed by atoms with Crippen molar-refractivity contribution >= 4 is 35.9 Å². The number of ketones is 1. The Morgan fingerprint density at radius 2 is 1.12 bits per heavy atom. The quantitative estimate of drug-likeness (QED) is 0.0731. The number of aryl methyl sites for hydroxylation is 2. The molecule has 0 radical (unpaired) electrons. The number of aromatic nitrogens is 4. The standard InChI is InChI=1S/2C19H17N3O3.Cr/c1-12-16(19(25)22(21-12)14-7-4-3-5-8-14)11-20-18-15(13(2)23)9-6-10-17(18)24;1-13-16(19(25)22(21-13)15-7-3-2-4-8-15)12-20-18-14(10-11-23)6-5-9-17(18)24;/h3-11,24-25H,1-2H3;2-9,11-12,24-25H,10H2,1H3;. The maximum Gasteiger partial charge on any atom is 0.223 e. The van der Waals surface area contributed by atoms with E-state index in [4.69, 9.17) is 0 Å². The number of carbonyl (C=O) groups is 2. The van der Waals surface area contributed by atoms with Crippen LogP contribution in [-0.2, 0) is 28.6 Å². The summed E-state index contributed by atoms with van der Waals surface area (Å²) in [5.41, 5.74) is 4.87. The molecule has 0 saturated carbocycles. The van der Waals surface area contributed by atoms with Gasteiger partial charge in [0.15, 0.2) is 5.78 Å². The monoisotopic (exact) mass is 722 g/mol. The second kappa shape index (κ2) is 16.9. The zero-order valence-electron chi connectivity index (χ0n) is 27.9. The average molecular weight is 723 g/mol. The number of rotatable bonds is 9. The molecule has 0 unspecified atom stereocenters. The molecule has 6 rings (SSSR count). The van der Waals surface area contributed by atoms with E-state index in [1.165, 1.54) is 40.8 Å². The Balaban J connectivity index is 0.000000224. The number of aliphatic imine (C=N–C) groups is 2. The number of aromatic hydroxyl groups is 4. The minimum Gasteiger partial charge on any atom is -0.506 e. The molecule has 4 aromatic carbocycles. The number of hydrogen-bond acceptors (Lipinski definition) is 10. The van der Waals surface area contributed by atoms with Gasteiger partial charge in [0.2, 0.25) is 11.8 Å². The van der Waals surface area contributed by atoms with E-state index in [-0.39, 0.29) is 58.5 Å². The Labute approximate surface area is 304 Å². The number of hydrogen-bond donors (Lipinski definition) is 4. The molecule has 0 aliphatic heterocycles. The predicted molar refractivity (Wildman–Crippen MR) is 190 cm³/mol. The van der Waals surface area contributed by atoms with Crippen LogP contribution < -0.4 is 0 Å². The van der Waals surface area contributed by atoms with Crippen LogP contribution in [0.4, 0.5) is 11.4 Å². The normalized spacial score (nSPS) is 10.9. The van der Waals surface area contributed by atoms with Crippen LogP contribution in [0, 0.1) is 13.8 Å². The summed E-state index contributed by atoms with van der Waals surface area (Å²) in [7, 11) is 0. The summed E-state index contributed by atoms with van der Waals surface area (Å²) in [4.78, 5) is 31.0. The molecule has 0 amide bonds. The Morgan fingerprint density at radius 3 is 1.59 bits per heavy atom. The van der Waals surface area contributed by atoms with E-state index < -0.39 is 0 Å². The summed E-state index contributed by atoms with van der Waals surface area (Å²) in [6, 6.07) is 28.0. The summed E-state index contributed by atoms with van der Waals surface area (Å²) in [6.45, 7) is 4.92. The number of para-hydroxylation sites is 4. The fourth-order valence-electron chi connectivity index (χ4n) is 5.05. The first-order valence-electron chi connectivity index (χ1n) is 15.4. The summed E-state index contributed by atoms with van der Waals surface area (Å²) in [6.07, 6.45) is 3.75. The van der Waals surface area contributed by atoms with Crippen molar-refractivity contribution in [3.63, 3.8) is 0 Å². The number of nitrogens with zero attached hydrogens (tertiary/aromatic N) is 6. The SMILES string of the molecule is CC(=O)c1cccc(O)c1N=Cc1c(C)nn(-c2ccccc2)c1O.Cc1nn(-c2ccccc2)c(O)c1C=Nc1c(O)cccc1CC=O.[Cr]. The number of phenols is 2. The van der Waals surface area contributed by atoms with Gasteiger partial charge in [0.25, 0.3) is 0 Å². The first-order valence-corrected chi connectivity index (χ1v) is 15.4. The predicted octanol–water partition coefficient (Wildman–Crippen LogP) is 6.63. The van der Waals surface area contributed by atoms with E-state index in [0.717, 1.165) is 17.7 Å². The molecule has 0 bridgehead atoms. The van der Waals surface area contributed by atoms with Crippen molar-refractivity contribution in [3.05, 3.63) is 131 Å². The fraction of sp³-hybridized carbons (Fsp3) is 0.105. The van der Waals surface area contributed by atoms with Crippen molar-refractivity contribution in [3.8, 4) is 34.6 Å². The van der Waals surface area contributed by atoms with E-state index in [1.807, 2.05) is 60.7 Å². The van der Waals surface area contributed by atoms with Gasteiger partial charge in [-0.3, -0.25) is 14.8 Å².